The van der Waals surface area contributed by atoms with Gasteiger partial charge in [-0.3, -0.25) is 14.4 Å². The van der Waals surface area contributed by atoms with Crippen LogP contribution in [-0.4, -0.2) is 55.7 Å². The van der Waals surface area contributed by atoms with Gasteiger partial charge < -0.3 is 18.9 Å². The summed E-state index contributed by atoms with van der Waals surface area (Å²) < 4.78 is 24.3. The van der Waals surface area contributed by atoms with Crippen molar-refractivity contribution in [2.24, 2.45) is 0 Å². The van der Waals surface area contributed by atoms with E-state index in [0.717, 1.165) is 16.0 Å². The molecule has 0 atom stereocenters. The molecule has 4 aromatic rings. The normalized spacial score (nSPS) is 10.8. The summed E-state index contributed by atoms with van der Waals surface area (Å²) in [5.74, 6) is 1.72. The Balaban J connectivity index is 1.75. The van der Waals surface area contributed by atoms with Gasteiger partial charge in [-0.25, -0.2) is 4.98 Å². The van der Waals surface area contributed by atoms with E-state index in [2.05, 4.69) is 5.10 Å². The molecule has 172 valence electrons. The molecule has 4 rings (SSSR count). The van der Waals surface area contributed by atoms with Crippen LogP contribution in [-0.2, 0) is 6.54 Å². The SMILES string of the molecule is COc1ccc2nc(N(CCn3cccn3)C(=O)c3cc(OC)c(OC)c(OC)c3)sc2c1. The molecule has 9 nitrogen and oxygen atoms in total. The predicted molar refractivity (Wildman–Crippen MR) is 126 cm³/mol. The van der Waals surface area contributed by atoms with Gasteiger partial charge in [-0.15, -0.1) is 0 Å². The number of hydrogen-bond acceptors (Lipinski definition) is 8. The van der Waals surface area contributed by atoms with E-state index in [-0.39, 0.29) is 5.91 Å². The largest absolute Gasteiger partial charge is 0.497 e. The highest BCUT2D eigenvalue weighted by molar-refractivity contribution is 7.22. The molecule has 1 amide bonds. The highest BCUT2D eigenvalue weighted by atomic mass is 32.1. The molecule has 0 bridgehead atoms. The maximum atomic E-state index is 13.7. The van der Waals surface area contributed by atoms with E-state index in [1.165, 1.54) is 32.7 Å². The minimum Gasteiger partial charge on any atom is -0.497 e. The number of nitrogens with zero attached hydrogens (tertiary/aromatic N) is 4. The van der Waals surface area contributed by atoms with E-state index in [1.54, 1.807) is 35.0 Å². The molecule has 2 aromatic heterocycles. The van der Waals surface area contributed by atoms with Crippen LogP contribution < -0.4 is 23.8 Å². The van der Waals surface area contributed by atoms with E-state index in [9.17, 15) is 4.79 Å². The van der Waals surface area contributed by atoms with Crippen molar-refractivity contribution in [3.8, 4) is 23.0 Å². The molecule has 0 aliphatic carbocycles. The summed E-state index contributed by atoms with van der Waals surface area (Å²) in [6, 6.07) is 10.8. The van der Waals surface area contributed by atoms with E-state index in [1.807, 2.05) is 30.5 Å². The number of carbonyl (C=O) groups is 1. The van der Waals surface area contributed by atoms with Gasteiger partial charge >= 0.3 is 0 Å². The Morgan fingerprint density at radius 1 is 1.03 bits per heavy atom. The summed E-state index contributed by atoms with van der Waals surface area (Å²) >= 11 is 1.42. The Hall–Kier alpha value is -3.79. The molecule has 0 saturated heterocycles. The molecular weight excluding hydrogens is 444 g/mol. The number of carbonyl (C=O) groups excluding carboxylic acids is 1. The first-order chi connectivity index (χ1) is 16.1. The van der Waals surface area contributed by atoms with Crippen molar-refractivity contribution in [1.82, 2.24) is 14.8 Å². The van der Waals surface area contributed by atoms with Gasteiger partial charge in [0.15, 0.2) is 16.6 Å². The lowest BCUT2D eigenvalue weighted by Gasteiger charge is -2.21. The van der Waals surface area contributed by atoms with Crippen molar-refractivity contribution >= 4 is 32.6 Å². The van der Waals surface area contributed by atoms with E-state index in [0.29, 0.717) is 41.0 Å². The maximum absolute atomic E-state index is 13.7. The highest BCUT2D eigenvalue weighted by Crippen LogP contribution is 2.39. The van der Waals surface area contributed by atoms with Crippen molar-refractivity contribution < 1.29 is 23.7 Å². The number of rotatable bonds is 9. The predicted octanol–water partition coefficient (Wildman–Crippen LogP) is 3.87. The fourth-order valence-electron chi connectivity index (χ4n) is 3.41. The quantitative estimate of drug-likeness (QED) is 0.368. The molecule has 0 saturated carbocycles. The van der Waals surface area contributed by atoms with Crippen molar-refractivity contribution in [1.29, 1.82) is 0 Å². The van der Waals surface area contributed by atoms with Crippen LogP contribution in [0.3, 0.4) is 0 Å². The number of fused-ring (bicyclic) bond motifs is 1. The van der Waals surface area contributed by atoms with Crippen molar-refractivity contribution in [2.75, 3.05) is 39.9 Å². The van der Waals surface area contributed by atoms with Crippen LogP contribution >= 0.6 is 11.3 Å². The molecular formula is C23H24N4O5S. The molecule has 33 heavy (non-hydrogen) atoms. The molecule has 0 unspecified atom stereocenters. The van der Waals surface area contributed by atoms with Gasteiger partial charge in [0.2, 0.25) is 5.75 Å². The van der Waals surface area contributed by atoms with Crippen LogP contribution in [0.2, 0.25) is 0 Å². The average molecular weight is 469 g/mol. The third-order valence-electron chi connectivity index (χ3n) is 5.08. The van der Waals surface area contributed by atoms with Crippen molar-refractivity contribution in [3.05, 3.63) is 54.4 Å². The highest BCUT2D eigenvalue weighted by Gasteiger charge is 2.25. The lowest BCUT2D eigenvalue weighted by atomic mass is 10.1. The lowest BCUT2D eigenvalue weighted by molar-refractivity contribution is 0.0985. The van der Waals surface area contributed by atoms with Gasteiger partial charge in [0.1, 0.15) is 5.75 Å². The summed E-state index contributed by atoms with van der Waals surface area (Å²) in [7, 11) is 6.17. The number of methoxy groups -OCH3 is 4. The first-order valence-corrected chi connectivity index (χ1v) is 10.9. The number of ether oxygens (including phenoxy) is 4. The van der Waals surface area contributed by atoms with E-state index in [4.69, 9.17) is 23.9 Å². The van der Waals surface area contributed by atoms with Gasteiger partial charge in [-0.05, 0) is 36.4 Å². The molecule has 0 fully saturated rings. The van der Waals surface area contributed by atoms with Crippen molar-refractivity contribution in [3.63, 3.8) is 0 Å². The van der Waals surface area contributed by atoms with Crippen LogP contribution in [0.15, 0.2) is 48.8 Å². The minimum absolute atomic E-state index is 0.243. The standard InChI is InChI=1S/C23H24N4O5S/c1-29-16-6-7-17-20(14-16)33-23(25-17)27(11-10-26-9-5-8-24-26)22(28)15-12-18(30-2)21(32-4)19(13-15)31-3/h5-9,12-14H,10-11H2,1-4H3. The minimum atomic E-state index is -0.243. The Bertz CT molecular complexity index is 1230. The van der Waals surface area contributed by atoms with E-state index >= 15 is 0 Å². The second-order valence-corrected chi connectivity index (χ2v) is 7.98. The zero-order valence-corrected chi connectivity index (χ0v) is 19.6. The molecule has 0 aliphatic heterocycles. The first kappa shape index (κ1) is 22.4. The van der Waals surface area contributed by atoms with Gasteiger partial charge in [0.25, 0.3) is 5.91 Å². The molecule has 0 radical (unpaired) electrons. The summed E-state index contributed by atoms with van der Waals surface area (Å²) in [6.45, 7) is 0.872. The lowest BCUT2D eigenvalue weighted by Crippen LogP contribution is -2.34. The molecule has 0 N–H and O–H groups in total. The zero-order valence-electron chi connectivity index (χ0n) is 18.8. The van der Waals surface area contributed by atoms with Crippen molar-refractivity contribution in [2.45, 2.75) is 6.54 Å². The second-order valence-electron chi connectivity index (χ2n) is 6.97. The van der Waals surface area contributed by atoms with Crippen LogP contribution in [0.5, 0.6) is 23.0 Å². The summed E-state index contributed by atoms with van der Waals surface area (Å²) in [6.07, 6.45) is 3.56. The third-order valence-corrected chi connectivity index (χ3v) is 6.13. The topological polar surface area (TPSA) is 87.9 Å². The second kappa shape index (κ2) is 9.78. The fourth-order valence-corrected chi connectivity index (χ4v) is 4.43. The van der Waals surface area contributed by atoms with Crippen LogP contribution in [0.1, 0.15) is 10.4 Å². The number of thiazole rings is 1. The smallest absolute Gasteiger partial charge is 0.260 e. The monoisotopic (exact) mass is 468 g/mol. The Morgan fingerprint density at radius 2 is 1.79 bits per heavy atom. The summed E-state index contributed by atoms with van der Waals surface area (Å²) in [5, 5.41) is 4.82. The van der Waals surface area contributed by atoms with Crippen LogP contribution in [0.4, 0.5) is 5.13 Å². The van der Waals surface area contributed by atoms with Gasteiger partial charge in [0.05, 0.1) is 45.2 Å². The number of aromatic nitrogens is 3. The number of anilines is 1. The van der Waals surface area contributed by atoms with Gasteiger partial charge in [-0.1, -0.05) is 11.3 Å². The molecule has 10 heteroatoms. The summed E-state index contributed by atoms with van der Waals surface area (Å²) in [5.41, 5.74) is 1.18. The maximum Gasteiger partial charge on any atom is 0.260 e. The number of hydrogen-bond donors (Lipinski definition) is 0. The van der Waals surface area contributed by atoms with Gasteiger partial charge in [0, 0.05) is 24.5 Å². The average Bonchev–Trinajstić information content (AvgIpc) is 3.52. The van der Waals surface area contributed by atoms with E-state index < -0.39 is 0 Å². The third kappa shape index (κ3) is 4.56. The molecule has 2 aromatic carbocycles. The number of benzene rings is 2. The molecule has 0 aliphatic rings. The Morgan fingerprint density at radius 3 is 2.39 bits per heavy atom. The zero-order chi connectivity index (χ0) is 23.4. The van der Waals surface area contributed by atoms with Gasteiger partial charge in [-0.2, -0.15) is 5.10 Å². The summed E-state index contributed by atoms with van der Waals surface area (Å²) in [4.78, 5) is 20.1. The molecule has 2 heterocycles. The first-order valence-electron chi connectivity index (χ1n) is 10.1. The Kier molecular flexibility index (Phi) is 6.64. The fraction of sp³-hybridized carbons (Fsp3) is 0.261. The van der Waals surface area contributed by atoms with Crippen LogP contribution in [0, 0.1) is 0 Å². The van der Waals surface area contributed by atoms with Crippen LogP contribution in [0.25, 0.3) is 10.2 Å². The molecule has 0 spiro atoms. The Labute approximate surface area is 195 Å². The number of amides is 1.